The van der Waals surface area contributed by atoms with E-state index in [-0.39, 0.29) is 5.91 Å². The van der Waals surface area contributed by atoms with E-state index in [9.17, 15) is 4.79 Å². The smallest absolute Gasteiger partial charge is 0.250 e. The molecule has 0 aromatic carbocycles. The van der Waals surface area contributed by atoms with Crippen LogP contribution in [0.4, 0.5) is 11.5 Å². The van der Waals surface area contributed by atoms with Gasteiger partial charge >= 0.3 is 0 Å². The number of carbonyl (C=O) groups excluding carboxylic acids is 1. The zero-order valence-corrected chi connectivity index (χ0v) is 8.20. The minimum Gasteiger partial charge on any atom is -0.479 e. The Labute approximate surface area is 86.1 Å². The van der Waals surface area contributed by atoms with Crippen LogP contribution in [0, 0.1) is 0 Å². The predicted molar refractivity (Wildman–Crippen MR) is 52.8 cm³/mol. The van der Waals surface area contributed by atoms with Crippen molar-refractivity contribution in [3.05, 3.63) is 6.33 Å². The summed E-state index contributed by atoms with van der Waals surface area (Å²) >= 11 is 0. The number of hydrogen-bond donors (Lipinski definition) is 2. The van der Waals surface area contributed by atoms with E-state index < -0.39 is 5.54 Å². The van der Waals surface area contributed by atoms with Crippen LogP contribution in [0.25, 0.3) is 0 Å². The van der Waals surface area contributed by atoms with Crippen molar-refractivity contribution in [1.29, 1.82) is 0 Å². The molecule has 6 heteroatoms. The maximum atomic E-state index is 11.7. The highest BCUT2D eigenvalue weighted by Gasteiger charge is 2.53. The average molecular weight is 206 g/mol. The van der Waals surface area contributed by atoms with Crippen LogP contribution in [0.5, 0.6) is 5.88 Å². The lowest BCUT2D eigenvalue weighted by Gasteiger charge is -2.25. The summed E-state index contributed by atoms with van der Waals surface area (Å²) in [5.74, 6) is 0.999. The fourth-order valence-electron chi connectivity index (χ4n) is 1.73. The van der Waals surface area contributed by atoms with Crippen LogP contribution in [0.3, 0.4) is 0 Å². The van der Waals surface area contributed by atoms with Crippen molar-refractivity contribution < 1.29 is 9.53 Å². The summed E-state index contributed by atoms with van der Waals surface area (Å²) in [5.41, 5.74) is 0.106. The molecule has 3 rings (SSSR count). The molecule has 78 valence electrons. The summed E-state index contributed by atoms with van der Waals surface area (Å²) in [6, 6.07) is 0. The Morgan fingerprint density at radius 2 is 2.27 bits per heavy atom. The predicted octanol–water partition coefficient (Wildman–Crippen LogP) is 0.382. The third kappa shape index (κ3) is 1.07. The van der Waals surface area contributed by atoms with Crippen LogP contribution in [-0.2, 0) is 4.79 Å². The van der Waals surface area contributed by atoms with Gasteiger partial charge in [-0.3, -0.25) is 4.79 Å². The summed E-state index contributed by atoms with van der Waals surface area (Å²) in [5, 5.41) is 5.91. The minimum atomic E-state index is -0.424. The molecule has 1 aromatic heterocycles. The molecule has 0 atom stereocenters. The van der Waals surface area contributed by atoms with Crippen LogP contribution in [0.2, 0.25) is 0 Å². The summed E-state index contributed by atoms with van der Waals surface area (Å²) in [6.07, 6.45) is 3.12. The lowest BCUT2D eigenvalue weighted by molar-refractivity contribution is -0.117. The number of amides is 1. The molecule has 1 aromatic rings. The Morgan fingerprint density at radius 1 is 1.47 bits per heavy atom. The van der Waals surface area contributed by atoms with Gasteiger partial charge in [-0.25, -0.2) is 4.98 Å². The Bertz CT molecular complexity index is 442. The van der Waals surface area contributed by atoms with Crippen LogP contribution in [-0.4, -0.2) is 28.5 Å². The maximum Gasteiger partial charge on any atom is 0.250 e. The Hall–Kier alpha value is -1.85. The molecular formula is C9H10N4O2. The second kappa shape index (κ2) is 2.59. The molecule has 0 bridgehead atoms. The van der Waals surface area contributed by atoms with Crippen LogP contribution < -0.4 is 15.4 Å². The molecule has 0 saturated heterocycles. The van der Waals surface area contributed by atoms with Crippen LogP contribution in [0.1, 0.15) is 12.8 Å². The molecule has 1 spiro atoms. The quantitative estimate of drug-likeness (QED) is 0.694. The van der Waals surface area contributed by atoms with E-state index in [1.54, 1.807) is 0 Å². The number of nitrogens with zero attached hydrogens (tertiary/aromatic N) is 2. The molecule has 0 radical (unpaired) electrons. The minimum absolute atomic E-state index is 0.0249. The van der Waals surface area contributed by atoms with Gasteiger partial charge in [0.1, 0.15) is 17.6 Å². The van der Waals surface area contributed by atoms with E-state index in [0.29, 0.717) is 17.4 Å². The Morgan fingerprint density at radius 3 is 2.93 bits per heavy atom. The highest BCUT2D eigenvalue weighted by Crippen LogP contribution is 2.45. The fourth-order valence-corrected chi connectivity index (χ4v) is 1.73. The average Bonchev–Trinajstić information content (AvgIpc) is 3.00. The molecule has 2 N–H and O–H groups in total. The first-order chi connectivity index (χ1) is 7.25. The van der Waals surface area contributed by atoms with Gasteiger partial charge in [0.25, 0.3) is 0 Å². The second-order valence-electron chi connectivity index (χ2n) is 3.77. The third-order valence-electron chi connectivity index (χ3n) is 2.79. The summed E-state index contributed by atoms with van der Waals surface area (Å²) < 4.78 is 5.04. The van der Waals surface area contributed by atoms with E-state index in [1.165, 1.54) is 13.4 Å². The molecule has 2 heterocycles. The van der Waals surface area contributed by atoms with E-state index in [1.807, 2.05) is 0 Å². The van der Waals surface area contributed by atoms with Gasteiger partial charge in [0, 0.05) is 0 Å². The van der Waals surface area contributed by atoms with Crippen molar-refractivity contribution in [1.82, 2.24) is 9.97 Å². The molecule has 1 amide bonds. The number of carbonyl (C=O) groups is 1. The van der Waals surface area contributed by atoms with E-state index >= 15 is 0 Å². The van der Waals surface area contributed by atoms with Gasteiger partial charge in [0.05, 0.1) is 7.11 Å². The summed E-state index contributed by atoms with van der Waals surface area (Å²) in [6.45, 7) is 0. The molecule has 0 unspecified atom stereocenters. The third-order valence-corrected chi connectivity index (χ3v) is 2.79. The van der Waals surface area contributed by atoms with E-state index in [4.69, 9.17) is 4.74 Å². The first kappa shape index (κ1) is 8.46. The molecule has 6 nitrogen and oxygen atoms in total. The number of aromatic nitrogens is 2. The van der Waals surface area contributed by atoms with Crippen molar-refractivity contribution in [2.75, 3.05) is 17.7 Å². The lowest BCUT2D eigenvalue weighted by atomic mass is 10.2. The van der Waals surface area contributed by atoms with Gasteiger partial charge in [-0.05, 0) is 12.8 Å². The van der Waals surface area contributed by atoms with Crippen molar-refractivity contribution >= 4 is 17.4 Å². The SMILES string of the molecule is COc1ncnc2c1NC(=O)C1(CC1)N2. The van der Waals surface area contributed by atoms with Crippen molar-refractivity contribution in [3.63, 3.8) is 0 Å². The maximum absolute atomic E-state index is 11.7. The normalized spacial score (nSPS) is 20.2. The first-order valence-electron chi connectivity index (χ1n) is 4.74. The van der Waals surface area contributed by atoms with Gasteiger partial charge in [0.2, 0.25) is 11.8 Å². The summed E-state index contributed by atoms with van der Waals surface area (Å²) in [4.78, 5) is 19.7. The lowest BCUT2D eigenvalue weighted by Crippen LogP contribution is -2.41. The standard InChI is InChI=1S/C9H10N4O2/c1-15-7-5-6(10-4-11-7)13-9(2-3-9)8(14)12-5/h4H,2-3H2,1H3,(H,12,14)(H,10,11,13). The highest BCUT2D eigenvalue weighted by atomic mass is 16.5. The number of fused-ring (bicyclic) bond motifs is 1. The molecule has 1 aliphatic carbocycles. The van der Waals surface area contributed by atoms with Crippen molar-refractivity contribution in [2.45, 2.75) is 18.4 Å². The van der Waals surface area contributed by atoms with Gasteiger partial charge < -0.3 is 15.4 Å². The van der Waals surface area contributed by atoms with Crippen LogP contribution in [0.15, 0.2) is 6.33 Å². The molecule has 2 aliphatic rings. The molecule has 1 aliphatic heterocycles. The Balaban J connectivity index is 2.08. The first-order valence-corrected chi connectivity index (χ1v) is 4.74. The zero-order valence-electron chi connectivity index (χ0n) is 8.20. The number of rotatable bonds is 1. The zero-order chi connectivity index (χ0) is 10.5. The Kier molecular flexibility index (Phi) is 1.46. The van der Waals surface area contributed by atoms with Crippen molar-refractivity contribution in [2.24, 2.45) is 0 Å². The van der Waals surface area contributed by atoms with E-state index in [2.05, 4.69) is 20.6 Å². The highest BCUT2D eigenvalue weighted by molar-refractivity contribution is 6.08. The van der Waals surface area contributed by atoms with Gasteiger partial charge in [0.15, 0.2) is 5.82 Å². The number of methoxy groups -OCH3 is 1. The van der Waals surface area contributed by atoms with Gasteiger partial charge in [-0.2, -0.15) is 4.98 Å². The van der Waals surface area contributed by atoms with E-state index in [0.717, 1.165) is 12.8 Å². The molecule has 15 heavy (non-hydrogen) atoms. The largest absolute Gasteiger partial charge is 0.479 e. The topological polar surface area (TPSA) is 76.1 Å². The van der Waals surface area contributed by atoms with Crippen LogP contribution >= 0.6 is 0 Å². The molecular weight excluding hydrogens is 196 g/mol. The molecule has 1 saturated carbocycles. The summed E-state index contributed by atoms with van der Waals surface area (Å²) in [7, 11) is 1.51. The second-order valence-corrected chi connectivity index (χ2v) is 3.77. The number of ether oxygens (including phenoxy) is 1. The monoisotopic (exact) mass is 206 g/mol. The number of anilines is 2. The van der Waals surface area contributed by atoms with Gasteiger partial charge in [-0.15, -0.1) is 0 Å². The van der Waals surface area contributed by atoms with Crippen molar-refractivity contribution in [3.8, 4) is 5.88 Å². The number of nitrogens with one attached hydrogen (secondary N) is 2. The van der Waals surface area contributed by atoms with Gasteiger partial charge in [-0.1, -0.05) is 0 Å². The molecule has 1 fully saturated rings. The number of hydrogen-bond acceptors (Lipinski definition) is 5. The fraction of sp³-hybridized carbons (Fsp3) is 0.444.